The summed E-state index contributed by atoms with van der Waals surface area (Å²) in [6.45, 7) is 0.936. The van der Waals surface area contributed by atoms with Gasteiger partial charge < -0.3 is 25.3 Å². The van der Waals surface area contributed by atoms with Crippen molar-refractivity contribution < 1.29 is 25.3 Å². The van der Waals surface area contributed by atoms with Crippen molar-refractivity contribution in [3.8, 4) is 23.0 Å². The van der Waals surface area contributed by atoms with Gasteiger partial charge in [-0.3, -0.25) is 0 Å². The molecule has 5 nitrogen and oxygen atoms in total. The van der Waals surface area contributed by atoms with Crippen molar-refractivity contribution in [1.29, 1.82) is 0 Å². The number of likely N-dealkylation sites (N-methyl/N-ethyl adjacent to an activating group) is 1. The molecule has 0 aliphatic carbocycles. The first-order valence-corrected chi connectivity index (χ1v) is 7.33. The number of phenols is 4. The molecule has 22 heavy (non-hydrogen) atoms. The highest BCUT2D eigenvalue weighted by molar-refractivity contribution is 5.48. The van der Waals surface area contributed by atoms with Gasteiger partial charge in [0.1, 0.15) is 6.04 Å². The van der Waals surface area contributed by atoms with Crippen LogP contribution in [0.15, 0.2) is 30.3 Å². The van der Waals surface area contributed by atoms with Crippen LogP contribution in [0.4, 0.5) is 0 Å². The molecule has 0 amide bonds. The monoisotopic (exact) mass is 302 g/mol. The number of quaternary nitrogens is 1. The van der Waals surface area contributed by atoms with Gasteiger partial charge in [0.15, 0.2) is 23.0 Å². The molecule has 3 rings (SSSR count). The van der Waals surface area contributed by atoms with Crippen molar-refractivity contribution in [2.75, 3.05) is 13.6 Å². The highest BCUT2D eigenvalue weighted by atomic mass is 16.3. The van der Waals surface area contributed by atoms with Crippen LogP contribution in [0.3, 0.4) is 0 Å². The number of phenolic OH excluding ortho intramolecular Hbond substituents is 4. The molecule has 1 aliphatic heterocycles. The van der Waals surface area contributed by atoms with Gasteiger partial charge in [0, 0.05) is 18.4 Å². The molecule has 116 valence electrons. The lowest BCUT2D eigenvalue weighted by molar-refractivity contribution is -0.914. The van der Waals surface area contributed by atoms with E-state index >= 15 is 0 Å². The maximum Gasteiger partial charge on any atom is 0.157 e. The average molecular weight is 302 g/mol. The SMILES string of the molecule is C[NH+]1CCc2cc(O)c(O)cc2[C@H]1Cc1ccc(O)c(O)c1. The Kier molecular flexibility index (Phi) is 3.58. The molecule has 2 aromatic rings. The van der Waals surface area contributed by atoms with Gasteiger partial charge in [-0.25, -0.2) is 0 Å². The molecule has 0 fully saturated rings. The summed E-state index contributed by atoms with van der Waals surface area (Å²) in [5.41, 5.74) is 2.99. The predicted octanol–water partition coefficient (Wildman–Crippen LogP) is 0.864. The molecule has 0 aromatic heterocycles. The van der Waals surface area contributed by atoms with Gasteiger partial charge in [-0.15, -0.1) is 0 Å². The lowest BCUT2D eigenvalue weighted by Gasteiger charge is -2.32. The normalized spacial score (nSPS) is 20.6. The molecule has 1 unspecified atom stereocenters. The maximum absolute atomic E-state index is 9.79. The zero-order valence-electron chi connectivity index (χ0n) is 12.4. The molecule has 0 saturated heterocycles. The standard InChI is InChI=1S/C17H19NO4/c1-18-5-4-11-8-16(21)17(22)9-12(11)13(18)6-10-2-3-14(19)15(20)7-10/h2-3,7-9,13,19-22H,4-6H2,1H3/p+1/t13-/m1/s1. The first-order valence-electron chi connectivity index (χ1n) is 7.33. The molecule has 0 radical (unpaired) electrons. The van der Waals surface area contributed by atoms with Crippen LogP contribution in [-0.4, -0.2) is 34.0 Å². The molecule has 5 N–H and O–H groups in total. The minimum atomic E-state index is -0.129. The highest BCUT2D eigenvalue weighted by Gasteiger charge is 2.29. The van der Waals surface area contributed by atoms with E-state index in [1.165, 1.54) is 11.0 Å². The van der Waals surface area contributed by atoms with Crippen LogP contribution in [0, 0.1) is 0 Å². The minimum Gasteiger partial charge on any atom is -0.504 e. The fraction of sp³-hybridized carbons (Fsp3) is 0.294. The van der Waals surface area contributed by atoms with E-state index in [0.717, 1.165) is 29.7 Å². The van der Waals surface area contributed by atoms with E-state index in [1.54, 1.807) is 24.3 Å². The molecule has 2 atom stereocenters. The Bertz CT molecular complexity index is 714. The predicted molar refractivity (Wildman–Crippen MR) is 81.4 cm³/mol. The molecule has 2 aromatic carbocycles. The number of benzene rings is 2. The average Bonchev–Trinajstić information content (AvgIpc) is 2.48. The fourth-order valence-corrected chi connectivity index (χ4v) is 3.16. The number of fused-ring (bicyclic) bond motifs is 1. The first kappa shape index (κ1) is 14.5. The van der Waals surface area contributed by atoms with Crippen LogP contribution in [0.5, 0.6) is 23.0 Å². The minimum absolute atomic E-state index is 0.0840. The summed E-state index contributed by atoms with van der Waals surface area (Å²) in [7, 11) is 2.10. The zero-order chi connectivity index (χ0) is 15.9. The van der Waals surface area contributed by atoms with Gasteiger partial charge in [-0.2, -0.15) is 0 Å². The second kappa shape index (κ2) is 5.42. The summed E-state index contributed by atoms with van der Waals surface area (Å²) in [6, 6.07) is 8.24. The van der Waals surface area contributed by atoms with Crippen molar-refractivity contribution in [1.82, 2.24) is 0 Å². The maximum atomic E-state index is 9.79. The topological polar surface area (TPSA) is 85.4 Å². The Morgan fingerprint density at radius 1 is 0.955 bits per heavy atom. The number of nitrogens with one attached hydrogen (secondary N) is 1. The third-order valence-corrected chi connectivity index (χ3v) is 4.47. The molecular weight excluding hydrogens is 282 g/mol. The number of aromatic hydroxyl groups is 4. The van der Waals surface area contributed by atoms with E-state index < -0.39 is 0 Å². The number of rotatable bonds is 2. The van der Waals surface area contributed by atoms with Crippen LogP contribution < -0.4 is 4.90 Å². The van der Waals surface area contributed by atoms with E-state index in [-0.39, 0.29) is 29.0 Å². The Labute approximate surface area is 128 Å². The van der Waals surface area contributed by atoms with Crippen LogP contribution in [0.2, 0.25) is 0 Å². The lowest BCUT2D eigenvalue weighted by atomic mass is 9.88. The Hall–Kier alpha value is -2.40. The third kappa shape index (κ3) is 2.55. The van der Waals surface area contributed by atoms with Crippen LogP contribution in [0.25, 0.3) is 0 Å². The second-order valence-electron chi connectivity index (χ2n) is 5.97. The molecule has 0 spiro atoms. The number of hydrogen-bond acceptors (Lipinski definition) is 4. The molecule has 0 saturated carbocycles. The second-order valence-corrected chi connectivity index (χ2v) is 5.97. The van der Waals surface area contributed by atoms with Crippen LogP contribution >= 0.6 is 0 Å². The Balaban J connectivity index is 1.96. The fourth-order valence-electron chi connectivity index (χ4n) is 3.16. The van der Waals surface area contributed by atoms with Gasteiger partial charge >= 0.3 is 0 Å². The van der Waals surface area contributed by atoms with Crippen molar-refractivity contribution in [2.45, 2.75) is 18.9 Å². The van der Waals surface area contributed by atoms with E-state index in [1.807, 2.05) is 0 Å². The smallest absolute Gasteiger partial charge is 0.157 e. The van der Waals surface area contributed by atoms with Gasteiger partial charge in [0.05, 0.1) is 13.6 Å². The van der Waals surface area contributed by atoms with Crippen molar-refractivity contribution in [2.24, 2.45) is 0 Å². The van der Waals surface area contributed by atoms with Gasteiger partial charge in [-0.05, 0) is 35.4 Å². The molecule has 5 heteroatoms. The summed E-state index contributed by atoms with van der Waals surface area (Å²) in [5, 5.41) is 38.5. The van der Waals surface area contributed by atoms with Crippen molar-refractivity contribution >= 4 is 0 Å². The van der Waals surface area contributed by atoms with E-state index in [2.05, 4.69) is 7.05 Å². The summed E-state index contributed by atoms with van der Waals surface area (Å²) in [5.74, 6) is -0.442. The number of hydrogen-bond donors (Lipinski definition) is 5. The van der Waals surface area contributed by atoms with Crippen LogP contribution in [-0.2, 0) is 12.8 Å². The van der Waals surface area contributed by atoms with E-state index in [4.69, 9.17) is 0 Å². The van der Waals surface area contributed by atoms with Gasteiger partial charge in [-0.1, -0.05) is 6.07 Å². The summed E-state index contributed by atoms with van der Waals surface area (Å²) in [4.78, 5) is 1.31. The van der Waals surface area contributed by atoms with Gasteiger partial charge in [0.25, 0.3) is 0 Å². The Morgan fingerprint density at radius 3 is 2.36 bits per heavy atom. The molecule has 0 bridgehead atoms. The zero-order valence-corrected chi connectivity index (χ0v) is 12.4. The van der Waals surface area contributed by atoms with Crippen LogP contribution in [0.1, 0.15) is 22.7 Å². The summed E-state index contributed by atoms with van der Waals surface area (Å²) < 4.78 is 0. The first-order chi connectivity index (χ1) is 10.5. The lowest BCUT2D eigenvalue weighted by Crippen LogP contribution is -3.10. The Morgan fingerprint density at radius 2 is 1.64 bits per heavy atom. The molecular formula is C17H20NO4+. The highest BCUT2D eigenvalue weighted by Crippen LogP contribution is 2.34. The van der Waals surface area contributed by atoms with Crippen molar-refractivity contribution in [3.05, 3.63) is 47.0 Å². The van der Waals surface area contributed by atoms with E-state index in [0.29, 0.717) is 6.42 Å². The van der Waals surface area contributed by atoms with Crippen molar-refractivity contribution in [3.63, 3.8) is 0 Å². The summed E-state index contributed by atoms with van der Waals surface area (Å²) in [6.07, 6.45) is 1.53. The third-order valence-electron chi connectivity index (χ3n) is 4.47. The van der Waals surface area contributed by atoms with Gasteiger partial charge in [0.2, 0.25) is 0 Å². The quantitative estimate of drug-likeness (QED) is 0.533. The summed E-state index contributed by atoms with van der Waals surface area (Å²) >= 11 is 0. The molecule has 1 heterocycles. The molecule has 1 aliphatic rings. The van der Waals surface area contributed by atoms with E-state index in [9.17, 15) is 20.4 Å². The largest absolute Gasteiger partial charge is 0.504 e.